The molecule has 2 amide bonds. The minimum Gasteiger partial charge on any atom is -0.353 e. The van der Waals surface area contributed by atoms with Gasteiger partial charge in [0.05, 0.1) is 0 Å². The van der Waals surface area contributed by atoms with Crippen LogP contribution in [0, 0.1) is 6.92 Å². The summed E-state index contributed by atoms with van der Waals surface area (Å²) in [6.07, 6.45) is 1.62. The minimum atomic E-state index is -3.53. The van der Waals surface area contributed by atoms with E-state index in [4.69, 9.17) is 0 Å². The Morgan fingerprint density at radius 2 is 1.77 bits per heavy atom. The molecule has 146 valence electrons. The van der Waals surface area contributed by atoms with Crippen molar-refractivity contribution in [2.45, 2.75) is 24.5 Å². The van der Waals surface area contributed by atoms with E-state index in [1.54, 1.807) is 18.2 Å². The average Bonchev–Trinajstić information content (AvgIpc) is 2.58. The number of hydrogen-bond donors (Lipinski definition) is 3. The monoisotopic (exact) mass is 403 g/mol. The smallest absolute Gasteiger partial charge is 0.251 e. The van der Waals surface area contributed by atoms with Gasteiger partial charge in [-0.25, -0.2) is 8.42 Å². The van der Waals surface area contributed by atoms with Gasteiger partial charge >= 0.3 is 0 Å². The van der Waals surface area contributed by atoms with Gasteiger partial charge in [0.15, 0.2) is 14.6 Å². The number of piperidine rings is 1. The van der Waals surface area contributed by atoms with Gasteiger partial charge in [-0.15, -0.1) is 12.4 Å². The second kappa shape index (κ2) is 9.34. The van der Waals surface area contributed by atoms with E-state index in [1.165, 1.54) is 0 Å². The van der Waals surface area contributed by atoms with Crippen molar-refractivity contribution in [2.24, 2.45) is 0 Å². The van der Waals surface area contributed by atoms with Crippen LogP contribution < -0.4 is 16.0 Å². The Balaban J connectivity index is 0.00000338. The molecule has 9 heteroatoms. The molecular weight excluding hydrogens is 378 g/mol. The number of hydrogen-bond acceptors (Lipinski definition) is 5. The zero-order valence-electron chi connectivity index (χ0n) is 15.0. The molecule has 7 nitrogen and oxygen atoms in total. The van der Waals surface area contributed by atoms with Crippen molar-refractivity contribution >= 4 is 34.1 Å². The van der Waals surface area contributed by atoms with Crippen LogP contribution in [0.5, 0.6) is 0 Å². The molecule has 1 aliphatic rings. The van der Waals surface area contributed by atoms with Crippen molar-refractivity contribution in [2.75, 3.05) is 32.4 Å². The lowest BCUT2D eigenvalue weighted by Crippen LogP contribution is -2.57. The Bertz CT molecular complexity index is 746. The first-order chi connectivity index (χ1) is 11.8. The molecule has 0 spiro atoms. The zero-order valence-corrected chi connectivity index (χ0v) is 16.6. The van der Waals surface area contributed by atoms with Gasteiger partial charge in [0, 0.05) is 24.9 Å². The standard InChI is InChI=1S/C17H25N3O4S.ClH/c1-13-4-3-5-14(12-13)15(21)19-10-11-20-16(22)17(25(2,23)24)6-8-18-9-7-17;/h3-5,12,18H,6-11H2,1-2H3,(H,19,21)(H,20,22);1H. The van der Waals surface area contributed by atoms with Gasteiger partial charge in [-0.2, -0.15) is 0 Å². The number of amides is 2. The minimum absolute atomic E-state index is 0. The van der Waals surface area contributed by atoms with Crippen molar-refractivity contribution in [3.63, 3.8) is 0 Å². The van der Waals surface area contributed by atoms with E-state index < -0.39 is 20.5 Å². The largest absolute Gasteiger partial charge is 0.353 e. The van der Waals surface area contributed by atoms with Gasteiger partial charge in [0.2, 0.25) is 5.91 Å². The number of carbonyl (C=O) groups excluding carboxylic acids is 2. The van der Waals surface area contributed by atoms with Crippen LogP contribution in [0.1, 0.15) is 28.8 Å². The first-order valence-corrected chi connectivity index (χ1v) is 10.2. The van der Waals surface area contributed by atoms with E-state index in [0.29, 0.717) is 18.7 Å². The Labute approximate surface area is 160 Å². The normalized spacial score (nSPS) is 16.2. The van der Waals surface area contributed by atoms with E-state index in [2.05, 4.69) is 16.0 Å². The number of aryl methyl sites for hydroxylation is 1. The molecule has 1 heterocycles. The molecule has 26 heavy (non-hydrogen) atoms. The first-order valence-electron chi connectivity index (χ1n) is 8.30. The lowest BCUT2D eigenvalue weighted by atomic mass is 9.96. The molecule has 1 aliphatic heterocycles. The summed E-state index contributed by atoms with van der Waals surface area (Å²) in [6.45, 7) is 3.30. The average molecular weight is 404 g/mol. The maximum Gasteiger partial charge on any atom is 0.251 e. The summed E-state index contributed by atoms with van der Waals surface area (Å²) in [5.74, 6) is -0.709. The predicted octanol–water partition coefficient (Wildman–Crippen LogP) is 0.430. The topological polar surface area (TPSA) is 104 Å². The number of benzene rings is 1. The van der Waals surface area contributed by atoms with Crippen molar-refractivity contribution < 1.29 is 18.0 Å². The number of nitrogens with one attached hydrogen (secondary N) is 3. The van der Waals surface area contributed by atoms with Gasteiger partial charge in [0.1, 0.15) is 0 Å². The highest BCUT2D eigenvalue weighted by molar-refractivity contribution is 7.92. The Hall–Kier alpha value is -1.64. The highest BCUT2D eigenvalue weighted by Gasteiger charge is 2.48. The Morgan fingerprint density at radius 1 is 1.15 bits per heavy atom. The fourth-order valence-corrected chi connectivity index (χ4v) is 4.35. The molecule has 1 aromatic rings. The van der Waals surface area contributed by atoms with Crippen LogP contribution >= 0.6 is 12.4 Å². The van der Waals surface area contributed by atoms with E-state index in [9.17, 15) is 18.0 Å². The third-order valence-corrected chi connectivity index (χ3v) is 6.52. The molecule has 0 aromatic heterocycles. The number of sulfone groups is 1. The van der Waals surface area contributed by atoms with Crippen LogP contribution in [0.4, 0.5) is 0 Å². The number of rotatable bonds is 6. The lowest BCUT2D eigenvalue weighted by molar-refractivity contribution is -0.124. The molecule has 0 saturated carbocycles. The fraction of sp³-hybridized carbons (Fsp3) is 0.529. The maximum atomic E-state index is 12.5. The number of halogens is 1. The Morgan fingerprint density at radius 3 is 2.35 bits per heavy atom. The van der Waals surface area contributed by atoms with Gasteiger partial charge in [0.25, 0.3) is 5.91 Å². The summed E-state index contributed by atoms with van der Waals surface area (Å²) in [4.78, 5) is 24.5. The van der Waals surface area contributed by atoms with Crippen molar-refractivity contribution in [1.29, 1.82) is 0 Å². The molecule has 0 bridgehead atoms. The maximum absolute atomic E-state index is 12.5. The molecular formula is C17H26ClN3O4S. The molecule has 1 fully saturated rings. The third kappa shape index (κ3) is 5.18. The quantitative estimate of drug-likeness (QED) is 0.597. The molecule has 0 aliphatic carbocycles. The van der Waals surface area contributed by atoms with E-state index in [-0.39, 0.29) is 44.2 Å². The first kappa shape index (κ1) is 22.4. The summed E-state index contributed by atoms with van der Waals surface area (Å²) in [5, 5.41) is 8.45. The van der Waals surface area contributed by atoms with Crippen LogP contribution in [-0.4, -0.2) is 57.4 Å². The number of carbonyl (C=O) groups is 2. The van der Waals surface area contributed by atoms with Gasteiger partial charge in [-0.1, -0.05) is 17.7 Å². The Kier molecular flexibility index (Phi) is 8.05. The lowest BCUT2D eigenvalue weighted by Gasteiger charge is -2.34. The van der Waals surface area contributed by atoms with Crippen molar-refractivity contribution in [3.8, 4) is 0 Å². The molecule has 0 atom stereocenters. The molecule has 2 rings (SSSR count). The second-order valence-electron chi connectivity index (χ2n) is 6.40. The summed E-state index contributed by atoms with van der Waals surface area (Å²) < 4.78 is 22.9. The molecule has 1 aromatic carbocycles. The van der Waals surface area contributed by atoms with Gasteiger partial charge in [-0.05, 0) is 45.0 Å². The van der Waals surface area contributed by atoms with Gasteiger partial charge < -0.3 is 16.0 Å². The predicted molar refractivity (Wildman–Crippen MR) is 103 cm³/mol. The van der Waals surface area contributed by atoms with Crippen LogP contribution in [-0.2, 0) is 14.6 Å². The summed E-state index contributed by atoms with van der Waals surface area (Å²) in [5.41, 5.74) is 1.54. The zero-order chi connectivity index (χ0) is 18.5. The summed E-state index contributed by atoms with van der Waals surface area (Å²) in [7, 11) is -3.53. The molecule has 0 unspecified atom stereocenters. The molecule has 3 N–H and O–H groups in total. The summed E-state index contributed by atoms with van der Waals surface area (Å²) in [6, 6.07) is 7.20. The second-order valence-corrected chi connectivity index (χ2v) is 8.72. The highest BCUT2D eigenvalue weighted by Crippen LogP contribution is 2.27. The van der Waals surface area contributed by atoms with E-state index in [1.807, 2.05) is 13.0 Å². The highest BCUT2D eigenvalue weighted by atomic mass is 35.5. The molecule has 1 saturated heterocycles. The fourth-order valence-electron chi connectivity index (χ4n) is 3.00. The molecule has 0 radical (unpaired) electrons. The SMILES string of the molecule is Cc1cccc(C(=O)NCCNC(=O)C2(S(C)(=O)=O)CCNCC2)c1.Cl. The van der Waals surface area contributed by atoms with Crippen LogP contribution in [0.3, 0.4) is 0 Å². The van der Waals surface area contributed by atoms with Crippen molar-refractivity contribution in [3.05, 3.63) is 35.4 Å². The van der Waals surface area contributed by atoms with Crippen LogP contribution in [0.15, 0.2) is 24.3 Å². The van der Waals surface area contributed by atoms with E-state index >= 15 is 0 Å². The third-order valence-electron chi connectivity index (χ3n) is 4.51. The van der Waals surface area contributed by atoms with Crippen LogP contribution in [0.2, 0.25) is 0 Å². The van der Waals surface area contributed by atoms with Crippen LogP contribution in [0.25, 0.3) is 0 Å². The summed E-state index contributed by atoms with van der Waals surface area (Å²) >= 11 is 0. The van der Waals surface area contributed by atoms with E-state index in [0.717, 1.165) is 11.8 Å². The van der Waals surface area contributed by atoms with Gasteiger partial charge in [-0.3, -0.25) is 9.59 Å². The van der Waals surface area contributed by atoms with Crippen molar-refractivity contribution in [1.82, 2.24) is 16.0 Å².